The summed E-state index contributed by atoms with van der Waals surface area (Å²) in [5.41, 5.74) is 3.27. The van der Waals surface area contributed by atoms with Crippen molar-refractivity contribution in [2.45, 2.75) is 39.8 Å². The van der Waals surface area contributed by atoms with Crippen LogP contribution in [-0.4, -0.2) is 18.1 Å². The van der Waals surface area contributed by atoms with Crippen molar-refractivity contribution in [2.75, 3.05) is 7.11 Å². The molecule has 1 unspecified atom stereocenters. The second kappa shape index (κ2) is 6.86. The lowest BCUT2D eigenvalue weighted by molar-refractivity contribution is 0.406. The van der Waals surface area contributed by atoms with Gasteiger partial charge >= 0.3 is 0 Å². The van der Waals surface area contributed by atoms with Gasteiger partial charge in [-0.2, -0.15) is 0 Å². The third-order valence-electron chi connectivity index (χ3n) is 3.46. The average Bonchev–Trinajstić information content (AvgIpc) is 2.91. The van der Waals surface area contributed by atoms with E-state index in [0.29, 0.717) is 6.04 Å². The van der Waals surface area contributed by atoms with E-state index in [1.807, 2.05) is 24.5 Å². The molecule has 2 rings (SSSR count). The molecule has 2 aromatic rings. The highest BCUT2D eigenvalue weighted by atomic mass is 32.1. The van der Waals surface area contributed by atoms with E-state index in [1.54, 1.807) is 7.11 Å². The van der Waals surface area contributed by atoms with Gasteiger partial charge in [-0.15, -0.1) is 11.3 Å². The molecular weight excluding hydrogens is 268 g/mol. The first kappa shape index (κ1) is 15.0. The van der Waals surface area contributed by atoms with Crippen LogP contribution in [-0.2, 0) is 13.0 Å². The molecule has 0 aromatic carbocycles. The van der Waals surface area contributed by atoms with E-state index in [1.165, 1.54) is 4.88 Å². The van der Waals surface area contributed by atoms with Crippen molar-refractivity contribution in [3.05, 3.63) is 45.4 Å². The van der Waals surface area contributed by atoms with Crippen molar-refractivity contribution in [2.24, 2.45) is 0 Å². The first-order chi connectivity index (χ1) is 9.61. The summed E-state index contributed by atoms with van der Waals surface area (Å²) in [4.78, 5) is 5.93. The van der Waals surface area contributed by atoms with E-state index in [9.17, 15) is 0 Å². The van der Waals surface area contributed by atoms with Crippen LogP contribution in [0.1, 0.15) is 28.6 Å². The number of aryl methyl sites for hydroxylation is 1. The number of methoxy groups -OCH3 is 1. The van der Waals surface area contributed by atoms with Crippen LogP contribution >= 0.6 is 11.3 Å². The van der Waals surface area contributed by atoms with Gasteiger partial charge in [-0.05, 0) is 38.6 Å². The maximum atomic E-state index is 5.44. The molecule has 3 nitrogen and oxygen atoms in total. The molecule has 0 bridgehead atoms. The SMILES string of the molecule is COc1c(C)cnc(CNC(C)Cc2cccs2)c1C. The number of hydrogen-bond acceptors (Lipinski definition) is 4. The molecule has 1 atom stereocenters. The predicted octanol–water partition coefficient (Wildman–Crippen LogP) is 3.49. The van der Waals surface area contributed by atoms with E-state index >= 15 is 0 Å². The third-order valence-corrected chi connectivity index (χ3v) is 4.35. The van der Waals surface area contributed by atoms with Gasteiger partial charge in [0.1, 0.15) is 5.75 Å². The van der Waals surface area contributed by atoms with Crippen LogP contribution in [0.2, 0.25) is 0 Å². The first-order valence-electron chi connectivity index (χ1n) is 6.86. The van der Waals surface area contributed by atoms with Crippen molar-refractivity contribution in [1.82, 2.24) is 10.3 Å². The second-order valence-corrected chi connectivity index (χ2v) is 6.14. The zero-order valence-corrected chi connectivity index (χ0v) is 13.4. The molecule has 0 saturated heterocycles. The minimum atomic E-state index is 0.433. The summed E-state index contributed by atoms with van der Waals surface area (Å²) in [6.45, 7) is 7.07. The Hall–Kier alpha value is -1.39. The molecule has 2 heterocycles. The molecule has 2 aromatic heterocycles. The van der Waals surface area contributed by atoms with Crippen LogP contribution in [0.4, 0.5) is 0 Å². The van der Waals surface area contributed by atoms with Crippen LogP contribution in [0.15, 0.2) is 23.7 Å². The van der Waals surface area contributed by atoms with E-state index in [-0.39, 0.29) is 0 Å². The first-order valence-corrected chi connectivity index (χ1v) is 7.74. The monoisotopic (exact) mass is 290 g/mol. The predicted molar refractivity (Wildman–Crippen MR) is 84.6 cm³/mol. The van der Waals surface area contributed by atoms with E-state index in [4.69, 9.17) is 4.74 Å². The van der Waals surface area contributed by atoms with Crippen molar-refractivity contribution >= 4 is 11.3 Å². The lowest BCUT2D eigenvalue weighted by Gasteiger charge is -2.16. The maximum absolute atomic E-state index is 5.44. The number of ether oxygens (including phenoxy) is 1. The fourth-order valence-corrected chi connectivity index (χ4v) is 3.16. The summed E-state index contributed by atoms with van der Waals surface area (Å²) in [6.07, 6.45) is 2.94. The molecule has 0 aliphatic rings. The van der Waals surface area contributed by atoms with Gasteiger partial charge < -0.3 is 10.1 Å². The topological polar surface area (TPSA) is 34.1 Å². The van der Waals surface area contributed by atoms with Gasteiger partial charge in [-0.3, -0.25) is 4.98 Å². The number of nitrogens with one attached hydrogen (secondary N) is 1. The molecule has 1 N–H and O–H groups in total. The van der Waals surface area contributed by atoms with Gasteiger partial charge in [0.05, 0.1) is 12.8 Å². The molecule has 20 heavy (non-hydrogen) atoms. The maximum Gasteiger partial charge on any atom is 0.128 e. The van der Waals surface area contributed by atoms with Gasteiger partial charge in [0, 0.05) is 34.8 Å². The van der Waals surface area contributed by atoms with Crippen molar-refractivity contribution in [1.29, 1.82) is 0 Å². The smallest absolute Gasteiger partial charge is 0.128 e. The van der Waals surface area contributed by atoms with Gasteiger partial charge in [-0.1, -0.05) is 6.07 Å². The Bertz CT molecular complexity index is 552. The van der Waals surface area contributed by atoms with Crippen LogP contribution in [0.25, 0.3) is 0 Å². The van der Waals surface area contributed by atoms with Gasteiger partial charge in [0.25, 0.3) is 0 Å². The lowest BCUT2D eigenvalue weighted by Crippen LogP contribution is -2.28. The van der Waals surface area contributed by atoms with E-state index < -0.39 is 0 Å². The summed E-state index contributed by atoms with van der Waals surface area (Å²) < 4.78 is 5.44. The molecular formula is C16H22N2OS. The quantitative estimate of drug-likeness (QED) is 0.884. The second-order valence-electron chi connectivity index (χ2n) is 5.11. The summed E-state index contributed by atoms with van der Waals surface area (Å²) >= 11 is 1.81. The van der Waals surface area contributed by atoms with Crippen LogP contribution in [0.3, 0.4) is 0 Å². The Morgan fingerprint density at radius 2 is 2.20 bits per heavy atom. The number of nitrogens with zero attached hydrogens (tertiary/aromatic N) is 1. The van der Waals surface area contributed by atoms with Crippen LogP contribution < -0.4 is 10.1 Å². The van der Waals surface area contributed by atoms with Crippen LogP contribution in [0.5, 0.6) is 5.75 Å². The van der Waals surface area contributed by atoms with Gasteiger partial charge in [-0.25, -0.2) is 0 Å². The minimum Gasteiger partial charge on any atom is -0.496 e. The third kappa shape index (κ3) is 3.58. The Morgan fingerprint density at radius 3 is 2.85 bits per heavy atom. The van der Waals surface area contributed by atoms with Gasteiger partial charge in [0.2, 0.25) is 0 Å². The molecule has 0 spiro atoms. The Morgan fingerprint density at radius 1 is 1.40 bits per heavy atom. The van der Waals surface area contributed by atoms with Crippen molar-refractivity contribution in [3.63, 3.8) is 0 Å². The zero-order chi connectivity index (χ0) is 14.5. The number of pyridine rings is 1. The number of thiophene rings is 1. The number of hydrogen-bond donors (Lipinski definition) is 1. The van der Waals surface area contributed by atoms with Crippen LogP contribution in [0, 0.1) is 13.8 Å². The van der Waals surface area contributed by atoms with Crippen molar-refractivity contribution < 1.29 is 4.74 Å². The molecule has 0 radical (unpaired) electrons. The molecule has 108 valence electrons. The molecule has 4 heteroatoms. The highest BCUT2D eigenvalue weighted by Gasteiger charge is 2.10. The molecule has 0 amide bonds. The Kier molecular flexibility index (Phi) is 5.15. The highest BCUT2D eigenvalue weighted by molar-refractivity contribution is 7.09. The average molecular weight is 290 g/mol. The molecule has 0 aliphatic carbocycles. The summed E-state index contributed by atoms with van der Waals surface area (Å²) in [6, 6.07) is 4.71. The van der Waals surface area contributed by atoms with Crippen molar-refractivity contribution in [3.8, 4) is 5.75 Å². The molecule has 0 fully saturated rings. The van der Waals surface area contributed by atoms with Gasteiger partial charge in [0.15, 0.2) is 0 Å². The number of rotatable bonds is 6. The molecule has 0 aliphatic heterocycles. The summed E-state index contributed by atoms with van der Waals surface area (Å²) in [5, 5.41) is 5.66. The molecule has 0 saturated carbocycles. The van der Waals surface area contributed by atoms with E-state index in [0.717, 1.165) is 35.5 Å². The van der Waals surface area contributed by atoms with E-state index in [2.05, 4.69) is 41.7 Å². The minimum absolute atomic E-state index is 0.433. The Balaban J connectivity index is 1.97. The fourth-order valence-electron chi connectivity index (χ4n) is 2.32. The fraction of sp³-hybridized carbons (Fsp3) is 0.438. The lowest BCUT2D eigenvalue weighted by atomic mass is 10.1. The Labute approximate surface area is 125 Å². The normalized spacial score (nSPS) is 12.4. The number of aromatic nitrogens is 1. The summed E-state index contributed by atoms with van der Waals surface area (Å²) in [5.74, 6) is 0.947. The largest absolute Gasteiger partial charge is 0.496 e. The zero-order valence-electron chi connectivity index (χ0n) is 12.6. The standard InChI is InChI=1S/C16H22N2OS/c1-11-9-18-15(13(3)16(11)19-4)10-17-12(2)8-14-6-5-7-20-14/h5-7,9,12,17H,8,10H2,1-4H3. The summed E-state index contributed by atoms with van der Waals surface area (Å²) in [7, 11) is 1.71. The highest BCUT2D eigenvalue weighted by Crippen LogP contribution is 2.23.